The van der Waals surface area contributed by atoms with Crippen LogP contribution in [0, 0.1) is 10.1 Å². The fourth-order valence-electron chi connectivity index (χ4n) is 2.06. The van der Waals surface area contributed by atoms with Gasteiger partial charge in [-0.1, -0.05) is 30.3 Å². The lowest BCUT2D eigenvalue weighted by Crippen LogP contribution is -2.10. The van der Waals surface area contributed by atoms with E-state index in [4.69, 9.17) is 0 Å². The molecule has 1 atom stereocenters. The van der Waals surface area contributed by atoms with Crippen molar-refractivity contribution in [1.29, 1.82) is 0 Å². The number of para-hydroxylation sites is 2. The van der Waals surface area contributed by atoms with E-state index in [2.05, 4.69) is 11.9 Å². The number of nitro benzene ring substituents is 1. The second-order valence-corrected chi connectivity index (χ2v) is 4.59. The minimum atomic E-state index is -0.428. The molecule has 0 aromatic heterocycles. The predicted molar refractivity (Wildman–Crippen MR) is 82.4 cm³/mol. The quantitative estimate of drug-likeness (QED) is 0.363. The van der Waals surface area contributed by atoms with Crippen LogP contribution < -0.4 is 5.32 Å². The molecule has 0 saturated carbocycles. The van der Waals surface area contributed by atoms with Gasteiger partial charge in [-0.2, -0.15) is 0 Å². The minimum absolute atomic E-state index is 0.0543. The van der Waals surface area contributed by atoms with Gasteiger partial charge in [-0.25, -0.2) is 0 Å². The molecule has 0 unspecified atom stereocenters. The Hall–Kier alpha value is -2.82. The summed E-state index contributed by atoms with van der Waals surface area (Å²) in [6.45, 7) is 3.73. The summed E-state index contributed by atoms with van der Waals surface area (Å²) in [6.07, 6.45) is 2.39. The molecule has 2 aromatic rings. The van der Waals surface area contributed by atoms with Crippen LogP contribution in [-0.4, -0.2) is 10.0 Å². The molecule has 5 heteroatoms. The number of hydrogen-bond donors (Lipinski definition) is 2. The molecule has 108 valence electrons. The number of benzene rings is 2. The molecular weight excluding hydrogens is 268 g/mol. The van der Waals surface area contributed by atoms with Gasteiger partial charge in [0.05, 0.1) is 16.7 Å². The third-order valence-electron chi connectivity index (χ3n) is 3.14. The van der Waals surface area contributed by atoms with Crippen molar-refractivity contribution < 1.29 is 10.0 Å². The molecule has 5 nitrogen and oxygen atoms in total. The Bertz CT molecular complexity index is 638. The molecular formula is C16H16N2O3. The molecule has 0 aliphatic rings. The fourth-order valence-corrected chi connectivity index (χ4v) is 2.06. The standard InChI is InChI=1S/C16H16N2O3/c1-2-5-14(17-15-6-3-4-7-16(15)19)12-8-10-13(11-9-12)18(20)21/h2-4,6-11,14,17,19H,1,5H2/t14-/m0/s1. The highest BCUT2D eigenvalue weighted by atomic mass is 16.6. The van der Waals surface area contributed by atoms with E-state index < -0.39 is 4.92 Å². The molecule has 2 aromatic carbocycles. The zero-order valence-electron chi connectivity index (χ0n) is 11.4. The number of nitro groups is 1. The van der Waals surface area contributed by atoms with Crippen LogP contribution in [0.1, 0.15) is 18.0 Å². The average Bonchev–Trinajstić information content (AvgIpc) is 2.49. The SMILES string of the molecule is C=CC[C@H](Nc1ccccc1O)c1ccc([N+](=O)[O-])cc1. The summed E-state index contributed by atoms with van der Waals surface area (Å²) in [4.78, 5) is 10.3. The van der Waals surface area contributed by atoms with E-state index in [9.17, 15) is 15.2 Å². The number of phenols is 1. The van der Waals surface area contributed by atoms with Gasteiger partial charge < -0.3 is 10.4 Å². The second kappa shape index (κ2) is 6.56. The number of hydrogen-bond acceptors (Lipinski definition) is 4. The summed E-state index contributed by atoms with van der Waals surface area (Å²) in [5.41, 5.74) is 1.56. The molecule has 0 aliphatic carbocycles. The summed E-state index contributed by atoms with van der Waals surface area (Å²) in [6, 6.07) is 13.2. The van der Waals surface area contributed by atoms with Gasteiger partial charge in [0.15, 0.2) is 0 Å². The van der Waals surface area contributed by atoms with Crippen molar-refractivity contribution in [2.75, 3.05) is 5.32 Å². The predicted octanol–water partition coefficient (Wildman–Crippen LogP) is 4.03. The van der Waals surface area contributed by atoms with Gasteiger partial charge in [0.1, 0.15) is 5.75 Å². The number of anilines is 1. The summed E-state index contributed by atoms with van der Waals surface area (Å²) < 4.78 is 0. The Morgan fingerprint density at radius 1 is 1.24 bits per heavy atom. The highest BCUT2D eigenvalue weighted by Crippen LogP contribution is 2.29. The van der Waals surface area contributed by atoms with Crippen LogP contribution in [0.25, 0.3) is 0 Å². The maximum atomic E-state index is 10.7. The van der Waals surface area contributed by atoms with Gasteiger partial charge in [-0.3, -0.25) is 10.1 Å². The van der Waals surface area contributed by atoms with Crippen LogP contribution in [0.15, 0.2) is 61.2 Å². The molecule has 0 bridgehead atoms. The average molecular weight is 284 g/mol. The number of aromatic hydroxyl groups is 1. The summed E-state index contributed by atoms with van der Waals surface area (Å²) in [5, 5.41) is 23.7. The number of nitrogens with one attached hydrogen (secondary N) is 1. The smallest absolute Gasteiger partial charge is 0.269 e. The first kappa shape index (κ1) is 14.6. The Labute approximate surface area is 122 Å². The zero-order chi connectivity index (χ0) is 15.2. The van der Waals surface area contributed by atoms with Crippen molar-refractivity contribution in [2.24, 2.45) is 0 Å². The van der Waals surface area contributed by atoms with Crippen molar-refractivity contribution in [3.05, 3.63) is 76.9 Å². The molecule has 21 heavy (non-hydrogen) atoms. The van der Waals surface area contributed by atoms with Crippen molar-refractivity contribution in [2.45, 2.75) is 12.5 Å². The summed E-state index contributed by atoms with van der Waals surface area (Å²) >= 11 is 0. The lowest BCUT2D eigenvalue weighted by Gasteiger charge is -2.19. The topological polar surface area (TPSA) is 75.4 Å². The number of nitrogens with zero attached hydrogens (tertiary/aromatic N) is 1. The summed E-state index contributed by atoms with van der Waals surface area (Å²) in [5.74, 6) is 0.161. The van der Waals surface area contributed by atoms with Crippen LogP contribution >= 0.6 is 0 Å². The monoisotopic (exact) mass is 284 g/mol. The van der Waals surface area contributed by atoms with Crippen molar-refractivity contribution in [3.63, 3.8) is 0 Å². The van der Waals surface area contributed by atoms with Gasteiger partial charge in [0, 0.05) is 12.1 Å². The molecule has 0 spiro atoms. The first-order valence-electron chi connectivity index (χ1n) is 6.51. The lowest BCUT2D eigenvalue weighted by molar-refractivity contribution is -0.384. The highest BCUT2D eigenvalue weighted by Gasteiger charge is 2.13. The zero-order valence-corrected chi connectivity index (χ0v) is 11.4. The van der Waals surface area contributed by atoms with Crippen LogP contribution in [0.2, 0.25) is 0 Å². The Morgan fingerprint density at radius 2 is 1.90 bits per heavy atom. The van der Waals surface area contributed by atoms with E-state index in [1.807, 2.05) is 6.07 Å². The first-order valence-corrected chi connectivity index (χ1v) is 6.51. The molecule has 0 saturated heterocycles. The van der Waals surface area contributed by atoms with E-state index in [1.54, 1.807) is 36.4 Å². The largest absolute Gasteiger partial charge is 0.506 e. The van der Waals surface area contributed by atoms with Gasteiger partial charge in [-0.05, 0) is 24.1 Å². The number of rotatable bonds is 6. The van der Waals surface area contributed by atoms with Crippen LogP contribution in [0.4, 0.5) is 11.4 Å². The molecule has 0 aliphatic heterocycles. The Morgan fingerprint density at radius 3 is 2.48 bits per heavy atom. The molecule has 0 amide bonds. The maximum Gasteiger partial charge on any atom is 0.269 e. The van der Waals surface area contributed by atoms with Gasteiger partial charge in [0.2, 0.25) is 0 Å². The van der Waals surface area contributed by atoms with Crippen LogP contribution in [0.3, 0.4) is 0 Å². The second-order valence-electron chi connectivity index (χ2n) is 4.59. The van der Waals surface area contributed by atoms with E-state index in [0.717, 1.165) is 5.56 Å². The van der Waals surface area contributed by atoms with E-state index in [1.165, 1.54) is 12.1 Å². The Balaban J connectivity index is 2.24. The van der Waals surface area contributed by atoms with Crippen LogP contribution in [0.5, 0.6) is 5.75 Å². The van der Waals surface area contributed by atoms with E-state index >= 15 is 0 Å². The summed E-state index contributed by atoms with van der Waals surface area (Å²) in [7, 11) is 0. The Kier molecular flexibility index (Phi) is 4.56. The van der Waals surface area contributed by atoms with E-state index in [-0.39, 0.29) is 17.5 Å². The van der Waals surface area contributed by atoms with Gasteiger partial charge in [0.25, 0.3) is 5.69 Å². The molecule has 0 radical (unpaired) electrons. The molecule has 0 heterocycles. The fraction of sp³-hybridized carbons (Fsp3) is 0.125. The van der Waals surface area contributed by atoms with Crippen molar-refractivity contribution in [3.8, 4) is 5.75 Å². The number of phenolic OH excluding ortho intramolecular Hbond substituents is 1. The molecule has 2 rings (SSSR count). The molecule has 2 N–H and O–H groups in total. The normalized spacial score (nSPS) is 11.6. The maximum absolute atomic E-state index is 10.7. The van der Waals surface area contributed by atoms with Gasteiger partial charge >= 0.3 is 0 Å². The third-order valence-corrected chi connectivity index (χ3v) is 3.14. The third kappa shape index (κ3) is 3.60. The number of non-ortho nitro benzene ring substituents is 1. The molecule has 0 fully saturated rings. The van der Waals surface area contributed by atoms with Gasteiger partial charge in [-0.15, -0.1) is 6.58 Å². The highest BCUT2D eigenvalue weighted by molar-refractivity contribution is 5.56. The van der Waals surface area contributed by atoms with Crippen molar-refractivity contribution >= 4 is 11.4 Å². The minimum Gasteiger partial charge on any atom is -0.506 e. The lowest BCUT2D eigenvalue weighted by atomic mass is 10.0. The van der Waals surface area contributed by atoms with E-state index in [0.29, 0.717) is 12.1 Å². The van der Waals surface area contributed by atoms with Crippen LogP contribution in [-0.2, 0) is 0 Å². The first-order chi connectivity index (χ1) is 10.1. The van der Waals surface area contributed by atoms with Crippen molar-refractivity contribution in [1.82, 2.24) is 0 Å².